The van der Waals surface area contributed by atoms with Gasteiger partial charge in [-0.3, -0.25) is 0 Å². The third-order valence-electron chi connectivity index (χ3n) is 5.01. The lowest BCUT2D eigenvalue weighted by atomic mass is 10.2. The Morgan fingerprint density at radius 3 is 2.30 bits per heavy atom. The van der Waals surface area contributed by atoms with E-state index in [1.54, 1.807) is 31.3 Å². The quantitative estimate of drug-likeness (QED) is 0.673. The molecule has 2 aromatic rings. The molecule has 0 aliphatic carbocycles. The van der Waals surface area contributed by atoms with Gasteiger partial charge in [0, 0.05) is 44.1 Å². The van der Waals surface area contributed by atoms with E-state index in [2.05, 4.69) is 10.6 Å². The first-order valence-corrected chi connectivity index (χ1v) is 11.6. The van der Waals surface area contributed by atoms with E-state index in [1.165, 1.54) is 4.31 Å². The summed E-state index contributed by atoms with van der Waals surface area (Å²) >= 11 is 5.85. The molecule has 3 rings (SSSR count). The molecular formula is C21H26ClN3O4S. The van der Waals surface area contributed by atoms with Crippen molar-refractivity contribution < 1.29 is 17.9 Å². The van der Waals surface area contributed by atoms with Crippen LogP contribution in [0.1, 0.15) is 24.0 Å². The maximum absolute atomic E-state index is 12.7. The van der Waals surface area contributed by atoms with Crippen LogP contribution in [0.25, 0.3) is 0 Å². The number of hydrogen-bond acceptors (Lipinski definition) is 4. The Kier molecular flexibility index (Phi) is 7.71. The molecule has 0 bridgehead atoms. The van der Waals surface area contributed by atoms with Gasteiger partial charge in [0.1, 0.15) is 0 Å². The molecular weight excluding hydrogens is 426 g/mol. The summed E-state index contributed by atoms with van der Waals surface area (Å²) in [6.07, 6.45) is 1.06. The molecule has 9 heteroatoms. The highest BCUT2D eigenvalue weighted by Crippen LogP contribution is 2.21. The van der Waals surface area contributed by atoms with E-state index in [-0.39, 0.29) is 17.8 Å². The van der Waals surface area contributed by atoms with Crippen molar-refractivity contribution in [1.29, 1.82) is 0 Å². The number of nitrogens with zero attached hydrogens (tertiary/aromatic N) is 1. The van der Waals surface area contributed by atoms with E-state index in [9.17, 15) is 13.2 Å². The van der Waals surface area contributed by atoms with Crippen LogP contribution in [0, 0.1) is 0 Å². The minimum absolute atomic E-state index is 0.280. The van der Waals surface area contributed by atoms with Gasteiger partial charge in [-0.15, -0.1) is 0 Å². The zero-order valence-electron chi connectivity index (χ0n) is 16.8. The number of hydrogen-bond donors (Lipinski definition) is 2. The number of anilines is 1. The Labute approximate surface area is 182 Å². The Bertz CT molecular complexity index is 943. The fraction of sp³-hybridized carbons (Fsp3) is 0.381. The van der Waals surface area contributed by atoms with Crippen molar-refractivity contribution >= 4 is 33.3 Å². The molecule has 0 aromatic heterocycles. The van der Waals surface area contributed by atoms with E-state index in [0.29, 0.717) is 43.3 Å². The number of carbonyl (C=O) groups excluding carboxylic acids is 1. The largest absolute Gasteiger partial charge is 0.381 e. The van der Waals surface area contributed by atoms with Gasteiger partial charge in [0.05, 0.1) is 5.25 Å². The molecule has 2 amide bonds. The van der Waals surface area contributed by atoms with E-state index >= 15 is 0 Å². The lowest BCUT2D eigenvalue weighted by molar-refractivity contribution is 0.0973. The highest BCUT2D eigenvalue weighted by atomic mass is 35.5. The van der Waals surface area contributed by atoms with E-state index < -0.39 is 10.0 Å². The third kappa shape index (κ3) is 6.18. The van der Waals surface area contributed by atoms with Gasteiger partial charge in [0.15, 0.2) is 0 Å². The molecule has 1 fully saturated rings. The maximum Gasteiger partial charge on any atom is 0.319 e. The van der Waals surface area contributed by atoms with Crippen LogP contribution in [0.2, 0.25) is 5.02 Å². The summed E-state index contributed by atoms with van der Waals surface area (Å²) < 4.78 is 32.1. The van der Waals surface area contributed by atoms with Crippen LogP contribution in [0.15, 0.2) is 48.5 Å². The summed E-state index contributed by atoms with van der Waals surface area (Å²) in [6.45, 7) is 1.63. The van der Waals surface area contributed by atoms with Gasteiger partial charge in [-0.2, -0.15) is 0 Å². The van der Waals surface area contributed by atoms with Crippen molar-refractivity contribution in [2.24, 2.45) is 0 Å². The number of rotatable bonds is 7. The lowest BCUT2D eigenvalue weighted by Gasteiger charge is -2.27. The minimum atomic E-state index is -3.36. The molecule has 7 nitrogen and oxygen atoms in total. The molecule has 162 valence electrons. The monoisotopic (exact) mass is 451 g/mol. The molecule has 1 saturated heterocycles. The fourth-order valence-electron chi connectivity index (χ4n) is 3.23. The second kappa shape index (κ2) is 10.3. The molecule has 30 heavy (non-hydrogen) atoms. The van der Waals surface area contributed by atoms with Crippen LogP contribution in [-0.2, 0) is 27.8 Å². The lowest BCUT2D eigenvalue weighted by Crippen LogP contribution is -2.38. The van der Waals surface area contributed by atoms with Crippen molar-refractivity contribution in [1.82, 2.24) is 9.62 Å². The van der Waals surface area contributed by atoms with Crippen LogP contribution in [0.4, 0.5) is 10.5 Å². The van der Waals surface area contributed by atoms with Gasteiger partial charge in [-0.25, -0.2) is 17.5 Å². The van der Waals surface area contributed by atoms with Gasteiger partial charge in [0.2, 0.25) is 10.0 Å². The van der Waals surface area contributed by atoms with Crippen molar-refractivity contribution in [2.75, 3.05) is 25.6 Å². The summed E-state index contributed by atoms with van der Waals surface area (Å²) in [5.74, 6) is 0. The molecule has 2 aromatic carbocycles. The average Bonchev–Trinajstić information content (AvgIpc) is 2.75. The molecule has 2 N–H and O–H groups in total. The van der Waals surface area contributed by atoms with Gasteiger partial charge >= 0.3 is 6.03 Å². The number of halogens is 1. The number of amides is 2. The number of benzene rings is 2. The number of sulfonamides is 1. The summed E-state index contributed by atoms with van der Waals surface area (Å²) in [7, 11) is -1.76. The molecule has 0 radical (unpaired) electrons. The zero-order chi connectivity index (χ0) is 21.6. The van der Waals surface area contributed by atoms with Gasteiger partial charge in [-0.1, -0.05) is 35.9 Å². The smallest absolute Gasteiger partial charge is 0.319 e. The average molecular weight is 452 g/mol. The van der Waals surface area contributed by atoms with E-state index in [4.69, 9.17) is 16.3 Å². The van der Waals surface area contributed by atoms with Crippen molar-refractivity contribution in [3.8, 4) is 0 Å². The predicted molar refractivity (Wildman–Crippen MR) is 118 cm³/mol. The first-order chi connectivity index (χ1) is 14.3. The second-order valence-electron chi connectivity index (χ2n) is 7.24. The summed E-state index contributed by atoms with van der Waals surface area (Å²) in [4.78, 5) is 12.1. The number of nitrogens with one attached hydrogen (secondary N) is 2. The second-order valence-corrected chi connectivity index (χ2v) is 10.0. The Balaban J connectivity index is 1.50. The molecule has 1 heterocycles. The molecule has 1 aliphatic heterocycles. The molecule has 0 spiro atoms. The van der Waals surface area contributed by atoms with Gasteiger partial charge in [0.25, 0.3) is 0 Å². The SMILES string of the molecule is CN(Cc1ccc(NC(=O)NCc2ccc(Cl)cc2)cc1)S(=O)(=O)C1CCOCC1. The number of urea groups is 1. The number of carbonyl (C=O) groups is 1. The standard InChI is InChI=1S/C21H26ClN3O4S/c1-25(30(27,28)20-10-12-29-13-11-20)15-17-4-8-19(9-5-17)24-21(26)23-14-16-2-6-18(22)7-3-16/h2-9,20H,10-15H2,1H3,(H2,23,24,26). The van der Waals surface area contributed by atoms with E-state index in [1.807, 2.05) is 24.3 Å². The van der Waals surface area contributed by atoms with Gasteiger partial charge < -0.3 is 15.4 Å². The number of ether oxygens (including phenoxy) is 1. The normalized spacial score (nSPS) is 15.2. The highest BCUT2D eigenvalue weighted by Gasteiger charge is 2.31. The topological polar surface area (TPSA) is 87.7 Å². The van der Waals surface area contributed by atoms with Crippen LogP contribution in [0.5, 0.6) is 0 Å². The summed E-state index contributed by atoms with van der Waals surface area (Å²) in [5, 5.41) is 5.80. The highest BCUT2D eigenvalue weighted by molar-refractivity contribution is 7.89. The van der Waals surface area contributed by atoms with Crippen molar-refractivity contribution in [3.63, 3.8) is 0 Å². The summed E-state index contributed by atoms with van der Waals surface area (Å²) in [6, 6.07) is 14.1. The van der Waals surface area contributed by atoms with Crippen LogP contribution < -0.4 is 10.6 Å². The minimum Gasteiger partial charge on any atom is -0.381 e. The van der Waals surface area contributed by atoms with Crippen molar-refractivity contribution in [2.45, 2.75) is 31.2 Å². The van der Waals surface area contributed by atoms with Gasteiger partial charge in [-0.05, 0) is 48.2 Å². The maximum atomic E-state index is 12.7. The molecule has 0 atom stereocenters. The van der Waals surface area contributed by atoms with Crippen LogP contribution in [0.3, 0.4) is 0 Å². The van der Waals surface area contributed by atoms with Crippen molar-refractivity contribution in [3.05, 3.63) is 64.7 Å². The first-order valence-electron chi connectivity index (χ1n) is 9.76. The molecule has 0 saturated carbocycles. The summed E-state index contributed by atoms with van der Waals surface area (Å²) in [5.41, 5.74) is 2.42. The van der Waals surface area contributed by atoms with E-state index in [0.717, 1.165) is 11.1 Å². The Morgan fingerprint density at radius 1 is 1.07 bits per heavy atom. The van der Waals surface area contributed by atoms with Crippen LogP contribution in [-0.4, -0.2) is 44.3 Å². The fourth-order valence-corrected chi connectivity index (χ4v) is 4.98. The third-order valence-corrected chi connectivity index (χ3v) is 7.57. The first kappa shape index (κ1) is 22.6. The molecule has 0 unspecified atom stereocenters. The molecule has 1 aliphatic rings. The predicted octanol–water partition coefficient (Wildman–Crippen LogP) is 3.60. The Hall–Kier alpha value is -2.13. The zero-order valence-corrected chi connectivity index (χ0v) is 18.4. The Morgan fingerprint density at radius 2 is 1.67 bits per heavy atom. The van der Waals surface area contributed by atoms with Crippen LogP contribution >= 0.6 is 11.6 Å².